The van der Waals surface area contributed by atoms with E-state index < -0.39 is 0 Å². The fraction of sp³-hybridized carbons (Fsp3) is 0.357. The summed E-state index contributed by atoms with van der Waals surface area (Å²) in [5.41, 5.74) is 0.804. The number of amides is 1. The minimum absolute atomic E-state index is 0.124. The van der Waals surface area contributed by atoms with Crippen LogP contribution in [0.4, 0.5) is 0 Å². The highest BCUT2D eigenvalue weighted by molar-refractivity contribution is 5.76. The molecule has 0 atom stereocenters. The third-order valence-corrected chi connectivity index (χ3v) is 3.90. The quantitative estimate of drug-likeness (QED) is 0.651. The summed E-state index contributed by atoms with van der Waals surface area (Å²) in [5.74, 6) is 0.124. The average Bonchev–Trinajstić information content (AvgIpc) is 3.20. The van der Waals surface area contributed by atoms with Crippen LogP contribution in [-0.4, -0.2) is 58.5 Å². The second-order valence-corrected chi connectivity index (χ2v) is 5.56. The van der Waals surface area contributed by atoms with Gasteiger partial charge >= 0.3 is 0 Å². The van der Waals surface area contributed by atoms with Crippen molar-refractivity contribution in [2.75, 3.05) is 13.1 Å². The first-order chi connectivity index (χ1) is 11.3. The van der Waals surface area contributed by atoms with Crippen LogP contribution in [-0.2, 0) is 17.9 Å². The maximum atomic E-state index is 12.1. The van der Waals surface area contributed by atoms with Gasteiger partial charge in [0, 0.05) is 25.5 Å². The van der Waals surface area contributed by atoms with Crippen molar-refractivity contribution in [2.45, 2.75) is 19.1 Å². The van der Waals surface area contributed by atoms with E-state index in [0.29, 0.717) is 26.2 Å². The van der Waals surface area contributed by atoms with E-state index in [9.17, 15) is 4.79 Å². The molecule has 4 heterocycles. The molecule has 23 heavy (non-hydrogen) atoms. The lowest BCUT2D eigenvalue weighted by atomic mass is 10.1. The van der Waals surface area contributed by atoms with Gasteiger partial charge < -0.3 is 9.47 Å². The van der Waals surface area contributed by atoms with E-state index in [1.165, 1.54) is 0 Å². The van der Waals surface area contributed by atoms with Crippen LogP contribution in [0.3, 0.4) is 0 Å². The van der Waals surface area contributed by atoms with E-state index in [-0.39, 0.29) is 11.9 Å². The van der Waals surface area contributed by atoms with Gasteiger partial charge in [-0.25, -0.2) is 4.68 Å². The molecule has 1 aliphatic rings. The van der Waals surface area contributed by atoms with Crippen LogP contribution in [0.1, 0.15) is 11.7 Å². The number of likely N-dealkylation sites (tertiary alicyclic amines) is 1. The predicted octanol–water partition coefficient (Wildman–Crippen LogP) is -0.197. The Morgan fingerprint density at radius 2 is 1.91 bits per heavy atom. The summed E-state index contributed by atoms with van der Waals surface area (Å²) >= 11 is 0. The van der Waals surface area contributed by atoms with E-state index in [1.54, 1.807) is 17.2 Å². The highest BCUT2D eigenvalue weighted by Gasteiger charge is 2.32. The maximum Gasteiger partial charge on any atom is 0.242 e. The molecule has 1 fully saturated rings. The fourth-order valence-electron chi connectivity index (χ4n) is 2.59. The van der Waals surface area contributed by atoms with Crippen LogP contribution < -0.4 is 0 Å². The maximum absolute atomic E-state index is 12.1. The topological polar surface area (TPSA) is 86.7 Å². The Morgan fingerprint density at radius 1 is 1.17 bits per heavy atom. The van der Waals surface area contributed by atoms with Crippen molar-refractivity contribution in [3.8, 4) is 0 Å². The Labute approximate surface area is 132 Å². The molecule has 9 heteroatoms. The Balaban J connectivity index is 1.31. The number of aromatic nitrogens is 7. The Hall–Kier alpha value is -2.97. The van der Waals surface area contributed by atoms with Gasteiger partial charge in [-0.15, -0.1) is 5.10 Å². The van der Waals surface area contributed by atoms with E-state index in [1.807, 2.05) is 44.9 Å². The summed E-state index contributed by atoms with van der Waals surface area (Å²) in [7, 11) is 0. The highest BCUT2D eigenvalue weighted by atomic mass is 16.2. The van der Waals surface area contributed by atoms with Crippen molar-refractivity contribution < 1.29 is 4.79 Å². The van der Waals surface area contributed by atoms with Gasteiger partial charge in [-0.05, 0) is 12.1 Å². The van der Waals surface area contributed by atoms with Crippen molar-refractivity contribution >= 4 is 5.91 Å². The Bertz CT molecular complexity index is 770. The number of nitrogens with zero attached hydrogens (tertiary/aromatic N) is 8. The first-order valence-corrected chi connectivity index (χ1v) is 7.41. The molecule has 0 aromatic carbocycles. The van der Waals surface area contributed by atoms with E-state index in [2.05, 4.69) is 20.5 Å². The number of carbonyl (C=O) groups excluding carboxylic acids is 1. The van der Waals surface area contributed by atoms with Gasteiger partial charge in [-0.3, -0.25) is 4.79 Å². The van der Waals surface area contributed by atoms with Crippen molar-refractivity contribution in [1.29, 1.82) is 0 Å². The first-order valence-electron chi connectivity index (χ1n) is 7.41. The summed E-state index contributed by atoms with van der Waals surface area (Å²) in [6, 6.07) is 4.02. The second kappa shape index (κ2) is 5.67. The predicted molar refractivity (Wildman–Crippen MR) is 79.2 cm³/mol. The van der Waals surface area contributed by atoms with Crippen LogP contribution in [0.25, 0.3) is 0 Å². The average molecular weight is 312 g/mol. The number of rotatable bonds is 5. The molecule has 0 unspecified atom stereocenters. The smallest absolute Gasteiger partial charge is 0.242 e. The van der Waals surface area contributed by atoms with Gasteiger partial charge in [0.05, 0.1) is 24.6 Å². The molecular weight excluding hydrogens is 296 g/mol. The minimum Gasteiger partial charge on any atom is -0.345 e. The molecule has 1 aliphatic heterocycles. The summed E-state index contributed by atoms with van der Waals surface area (Å²) in [5, 5.41) is 16.4. The molecule has 0 N–H and O–H groups in total. The van der Waals surface area contributed by atoms with Gasteiger partial charge in [-0.1, -0.05) is 5.21 Å². The molecule has 0 saturated carbocycles. The van der Waals surface area contributed by atoms with Gasteiger partial charge in [0.15, 0.2) is 0 Å². The van der Waals surface area contributed by atoms with Gasteiger partial charge in [-0.2, -0.15) is 15.0 Å². The van der Waals surface area contributed by atoms with Crippen molar-refractivity contribution in [3.63, 3.8) is 0 Å². The molecule has 0 spiro atoms. The number of hydrogen-bond donors (Lipinski definition) is 0. The van der Waals surface area contributed by atoms with Crippen LogP contribution >= 0.6 is 0 Å². The van der Waals surface area contributed by atoms with E-state index in [4.69, 9.17) is 0 Å². The lowest BCUT2D eigenvalue weighted by Gasteiger charge is -2.38. The molecule has 1 saturated heterocycles. The molecule has 0 bridgehead atoms. The molecule has 1 amide bonds. The van der Waals surface area contributed by atoms with Crippen LogP contribution in [0.15, 0.2) is 43.1 Å². The molecular formula is C14H16N8O. The second-order valence-electron chi connectivity index (χ2n) is 5.56. The normalized spacial score (nSPS) is 14.9. The first kappa shape index (κ1) is 13.7. The molecule has 3 aromatic heterocycles. The summed E-state index contributed by atoms with van der Waals surface area (Å²) in [6.45, 7) is 2.22. The molecule has 0 aliphatic carbocycles. The molecule has 118 valence electrons. The molecule has 3 aromatic rings. The lowest BCUT2D eigenvalue weighted by molar-refractivity contribution is -0.137. The Kier molecular flexibility index (Phi) is 3.37. The standard InChI is InChI=1S/C14H16N8O/c23-14(11-19-5-1-2-6-19)20-9-13(10-20)21-7-12(17-18-21)8-22-15-3-4-16-22/h1-7,13H,8-11H2. The molecule has 4 rings (SSSR count). The highest BCUT2D eigenvalue weighted by Crippen LogP contribution is 2.20. The molecule has 0 radical (unpaired) electrons. The van der Waals surface area contributed by atoms with Crippen LogP contribution in [0.5, 0.6) is 0 Å². The zero-order chi connectivity index (χ0) is 15.6. The minimum atomic E-state index is 0.124. The third-order valence-electron chi connectivity index (χ3n) is 3.90. The van der Waals surface area contributed by atoms with Gasteiger partial charge in [0.25, 0.3) is 0 Å². The monoisotopic (exact) mass is 312 g/mol. The largest absolute Gasteiger partial charge is 0.345 e. The SMILES string of the molecule is O=C(Cn1cccc1)N1CC(n2cc(Cn3nccn3)nn2)C1. The fourth-order valence-corrected chi connectivity index (χ4v) is 2.59. The van der Waals surface area contributed by atoms with Crippen LogP contribution in [0, 0.1) is 0 Å². The summed E-state index contributed by atoms with van der Waals surface area (Å²) < 4.78 is 3.69. The number of carbonyl (C=O) groups is 1. The van der Waals surface area contributed by atoms with Gasteiger partial charge in [0.2, 0.25) is 5.91 Å². The summed E-state index contributed by atoms with van der Waals surface area (Å²) in [6.07, 6.45) is 8.93. The Morgan fingerprint density at radius 3 is 2.65 bits per heavy atom. The van der Waals surface area contributed by atoms with Crippen molar-refractivity contribution in [3.05, 3.63) is 48.8 Å². The van der Waals surface area contributed by atoms with Crippen molar-refractivity contribution in [2.24, 2.45) is 0 Å². The lowest BCUT2D eigenvalue weighted by Crippen LogP contribution is -2.51. The van der Waals surface area contributed by atoms with Crippen LogP contribution in [0.2, 0.25) is 0 Å². The van der Waals surface area contributed by atoms with E-state index in [0.717, 1.165) is 5.69 Å². The third kappa shape index (κ3) is 2.85. The number of hydrogen-bond acceptors (Lipinski definition) is 5. The van der Waals surface area contributed by atoms with Gasteiger partial charge in [0.1, 0.15) is 18.8 Å². The van der Waals surface area contributed by atoms with Crippen molar-refractivity contribution in [1.82, 2.24) is 39.5 Å². The molecule has 9 nitrogen and oxygen atoms in total. The zero-order valence-corrected chi connectivity index (χ0v) is 12.4. The zero-order valence-electron chi connectivity index (χ0n) is 12.4. The van der Waals surface area contributed by atoms with E-state index >= 15 is 0 Å². The summed E-state index contributed by atoms with van der Waals surface area (Å²) in [4.78, 5) is 15.5.